The molecule has 0 spiro atoms. The van der Waals surface area contributed by atoms with Crippen molar-refractivity contribution in [3.63, 3.8) is 0 Å². The molecule has 0 aromatic carbocycles. The Morgan fingerprint density at radius 3 is 2.67 bits per heavy atom. The van der Waals surface area contributed by atoms with E-state index < -0.39 is 48.1 Å². The predicted octanol–water partition coefficient (Wildman–Crippen LogP) is 0.0999. The lowest BCUT2D eigenvalue weighted by Crippen LogP contribution is -2.75. The Bertz CT molecular complexity index is 1140. The third kappa shape index (κ3) is 5.48. The van der Waals surface area contributed by atoms with Crippen molar-refractivity contribution in [2.24, 2.45) is 5.92 Å². The maximum atomic E-state index is 15.9. The minimum absolute atomic E-state index is 0.0268. The number of nitro groups is 1. The second-order valence-electron chi connectivity index (χ2n) is 13.3. The topological polar surface area (TPSA) is 156 Å². The van der Waals surface area contributed by atoms with Crippen LogP contribution in [0.25, 0.3) is 0 Å². The lowest BCUT2D eigenvalue weighted by atomic mass is 9.69. The summed E-state index contributed by atoms with van der Waals surface area (Å²) in [6.45, 7) is 4.72. The molecule has 14 heteroatoms. The third-order valence-corrected chi connectivity index (χ3v) is 11.0. The molecule has 0 aromatic rings. The molecule has 12 unspecified atom stereocenters. The van der Waals surface area contributed by atoms with E-state index in [1.54, 1.807) is 0 Å². The maximum Gasteiger partial charge on any atom is 0.340 e. The molecule has 4 heterocycles. The van der Waals surface area contributed by atoms with E-state index in [1.807, 2.05) is 4.90 Å². The minimum atomic E-state index is -1.35. The van der Waals surface area contributed by atoms with Gasteiger partial charge in [0.15, 0.2) is 5.78 Å². The Labute approximate surface area is 249 Å². The molecule has 13 nitrogen and oxygen atoms in total. The van der Waals surface area contributed by atoms with Crippen LogP contribution in [0.15, 0.2) is 11.8 Å². The number of ether oxygens (including phenoxy) is 3. The second kappa shape index (κ2) is 11.9. The van der Waals surface area contributed by atoms with Crippen molar-refractivity contribution in [3.8, 4) is 0 Å². The second-order valence-corrected chi connectivity index (χ2v) is 13.3. The van der Waals surface area contributed by atoms with Crippen LogP contribution in [-0.4, -0.2) is 138 Å². The molecule has 4 aliphatic heterocycles. The number of alkyl halides is 1. The van der Waals surface area contributed by atoms with Crippen LogP contribution < -0.4 is 10.6 Å². The summed E-state index contributed by atoms with van der Waals surface area (Å²) >= 11 is 0. The number of nitrogens with one attached hydrogen (secondary N) is 2. The molecule has 3 aliphatic carbocycles. The molecule has 238 valence electrons. The highest BCUT2D eigenvalue weighted by Gasteiger charge is 2.60. The number of ketones is 1. The number of carboxylic acids is 1. The summed E-state index contributed by atoms with van der Waals surface area (Å²) in [6.07, 6.45) is 2.15. The molecule has 7 aliphatic rings. The fourth-order valence-electron chi connectivity index (χ4n) is 8.84. The Kier molecular flexibility index (Phi) is 8.18. The van der Waals surface area contributed by atoms with Gasteiger partial charge in [-0.25, -0.2) is 9.18 Å². The van der Waals surface area contributed by atoms with E-state index in [0.29, 0.717) is 38.6 Å². The van der Waals surface area contributed by atoms with Crippen LogP contribution in [0.2, 0.25) is 0 Å². The monoisotopic (exact) mass is 607 g/mol. The number of hydrogen-bond acceptors (Lipinski definition) is 11. The van der Waals surface area contributed by atoms with Gasteiger partial charge in [0.1, 0.15) is 11.7 Å². The van der Waals surface area contributed by atoms with Gasteiger partial charge in [-0.3, -0.25) is 19.8 Å². The van der Waals surface area contributed by atoms with Crippen LogP contribution in [-0.2, 0) is 23.8 Å². The van der Waals surface area contributed by atoms with Gasteiger partial charge in [0, 0.05) is 55.1 Å². The molecule has 0 amide bonds. The van der Waals surface area contributed by atoms with Crippen LogP contribution in [0.5, 0.6) is 0 Å². The Balaban J connectivity index is 1.10. The van der Waals surface area contributed by atoms with Crippen LogP contribution in [0.1, 0.15) is 44.9 Å². The molecule has 7 rings (SSSR count). The zero-order valence-electron chi connectivity index (χ0n) is 24.2. The third-order valence-electron chi connectivity index (χ3n) is 11.0. The van der Waals surface area contributed by atoms with E-state index in [-0.39, 0.29) is 53.4 Å². The smallest absolute Gasteiger partial charge is 0.340 e. The van der Waals surface area contributed by atoms with Gasteiger partial charge in [0.2, 0.25) is 6.04 Å². The normalized spacial score (nSPS) is 44.3. The summed E-state index contributed by atoms with van der Waals surface area (Å²) < 4.78 is 34.6. The van der Waals surface area contributed by atoms with E-state index in [9.17, 15) is 24.8 Å². The standard InChI is InChI=1S/C29H42FN5O8/c30-18-11-16-26-28(25(18)31-4-1-5-33-6-8-41-9-7-33)43-24-12-20-23(13-21(24)34(26)14-17(27(16)36)29(37)38)42-22-10-15(35(39)40)2-3-19(22)32-20/h14-16,18-26,28,31-32H,1-13H2,(H,37,38). The summed E-state index contributed by atoms with van der Waals surface area (Å²) in [4.78, 5) is 41.0. The summed E-state index contributed by atoms with van der Waals surface area (Å²) in [5, 5.41) is 28.5. The number of nitrogens with zero attached hydrogens (tertiary/aromatic N) is 3. The number of carboxylic acid groups (broad SMARTS) is 1. The predicted molar refractivity (Wildman–Crippen MR) is 149 cm³/mol. The highest BCUT2D eigenvalue weighted by Crippen LogP contribution is 2.47. The van der Waals surface area contributed by atoms with Crippen LogP contribution in [0, 0.1) is 16.0 Å². The van der Waals surface area contributed by atoms with Crippen molar-refractivity contribution in [1.29, 1.82) is 0 Å². The highest BCUT2D eigenvalue weighted by molar-refractivity contribution is 6.18. The fourth-order valence-corrected chi connectivity index (χ4v) is 8.84. The molecule has 6 fully saturated rings. The number of halogens is 1. The summed E-state index contributed by atoms with van der Waals surface area (Å²) in [6, 6.07) is -1.95. The SMILES string of the molecule is O=C(O)C1=CN2C3CC4OC5CC([N+](=O)[O-])CCC5NC4CC3OC3C(NCCCN4CCOCC4)C(F)CC(C1=O)C32. The minimum Gasteiger partial charge on any atom is -0.478 e. The zero-order valence-corrected chi connectivity index (χ0v) is 24.2. The summed E-state index contributed by atoms with van der Waals surface area (Å²) in [7, 11) is 0. The first-order valence-electron chi connectivity index (χ1n) is 15.9. The molecule has 12 atom stereocenters. The molecule has 3 saturated carbocycles. The Morgan fingerprint density at radius 2 is 1.91 bits per heavy atom. The number of aliphatic carboxylic acids is 1. The summed E-state index contributed by atoms with van der Waals surface area (Å²) in [5.41, 5.74) is -0.309. The molecule has 43 heavy (non-hydrogen) atoms. The van der Waals surface area contributed by atoms with Gasteiger partial charge in [-0.1, -0.05) is 0 Å². The average Bonchev–Trinajstić information content (AvgIpc) is 2.99. The van der Waals surface area contributed by atoms with Crippen molar-refractivity contribution in [2.45, 2.75) is 112 Å². The van der Waals surface area contributed by atoms with Crippen LogP contribution in [0.3, 0.4) is 0 Å². The Hall–Kier alpha value is -2.23. The van der Waals surface area contributed by atoms with Crippen molar-refractivity contribution in [1.82, 2.24) is 20.4 Å². The molecule has 3 saturated heterocycles. The highest BCUT2D eigenvalue weighted by atomic mass is 19.1. The van der Waals surface area contributed by atoms with Gasteiger partial charge in [-0.2, -0.15) is 0 Å². The van der Waals surface area contributed by atoms with Crippen molar-refractivity contribution < 1.29 is 38.2 Å². The number of morpholine rings is 3. The molecule has 0 radical (unpaired) electrons. The van der Waals surface area contributed by atoms with Crippen LogP contribution >= 0.6 is 0 Å². The van der Waals surface area contributed by atoms with Gasteiger partial charge >= 0.3 is 5.97 Å². The molecular formula is C29H42FN5O8. The number of hydrogen-bond donors (Lipinski definition) is 3. The van der Waals surface area contributed by atoms with E-state index in [2.05, 4.69) is 15.5 Å². The summed E-state index contributed by atoms with van der Waals surface area (Å²) in [5.74, 6) is -2.65. The van der Waals surface area contributed by atoms with E-state index >= 15 is 4.39 Å². The first kappa shape index (κ1) is 29.5. The van der Waals surface area contributed by atoms with Gasteiger partial charge in [0.05, 0.1) is 55.8 Å². The largest absolute Gasteiger partial charge is 0.478 e. The molecular weight excluding hydrogens is 565 g/mol. The lowest BCUT2D eigenvalue weighted by Gasteiger charge is -2.61. The van der Waals surface area contributed by atoms with Crippen molar-refractivity contribution in [3.05, 3.63) is 21.9 Å². The zero-order chi connectivity index (χ0) is 29.8. The molecule has 3 N–H and O–H groups in total. The van der Waals surface area contributed by atoms with Gasteiger partial charge in [-0.15, -0.1) is 0 Å². The van der Waals surface area contributed by atoms with Crippen molar-refractivity contribution >= 4 is 11.8 Å². The average molecular weight is 608 g/mol. The van der Waals surface area contributed by atoms with E-state index in [1.165, 1.54) is 6.20 Å². The number of Topliss-reactive ketones (excluding diaryl/α,β-unsaturated/α-hetero) is 1. The van der Waals surface area contributed by atoms with Crippen molar-refractivity contribution in [2.75, 3.05) is 39.4 Å². The van der Waals surface area contributed by atoms with Crippen LogP contribution in [0.4, 0.5) is 4.39 Å². The first-order valence-corrected chi connectivity index (χ1v) is 15.9. The van der Waals surface area contributed by atoms with Gasteiger partial charge < -0.3 is 34.9 Å². The number of rotatable bonds is 7. The van der Waals surface area contributed by atoms with E-state index in [0.717, 1.165) is 39.3 Å². The Morgan fingerprint density at radius 1 is 1.12 bits per heavy atom. The lowest BCUT2D eigenvalue weighted by molar-refractivity contribution is -0.529. The maximum absolute atomic E-state index is 15.9. The number of fused-ring (bicyclic) bond motifs is 4. The van der Waals surface area contributed by atoms with Gasteiger partial charge in [0.25, 0.3) is 0 Å². The number of carbonyl (C=O) groups excluding carboxylic acids is 1. The first-order chi connectivity index (χ1) is 20.8. The van der Waals surface area contributed by atoms with Gasteiger partial charge in [-0.05, 0) is 45.2 Å². The number of carbonyl (C=O) groups is 2. The fraction of sp³-hybridized carbons (Fsp3) is 0.862. The van der Waals surface area contributed by atoms with E-state index in [4.69, 9.17) is 14.2 Å². The molecule has 0 aromatic heterocycles. The molecule has 0 bridgehead atoms. The quantitative estimate of drug-likeness (QED) is 0.156.